The van der Waals surface area contributed by atoms with Crippen LogP contribution in [0.5, 0.6) is 0 Å². The number of alkyl halides is 2. The molecule has 19 heavy (non-hydrogen) atoms. The minimum Gasteiger partial charge on any atom is -0.479 e. The van der Waals surface area contributed by atoms with Crippen molar-refractivity contribution in [1.82, 2.24) is 5.32 Å². The molecule has 0 heterocycles. The predicted octanol–water partition coefficient (Wildman–Crippen LogP) is 1.34. The Balaban J connectivity index is 5.03. The van der Waals surface area contributed by atoms with Crippen molar-refractivity contribution in [3.05, 3.63) is 0 Å². The number of ether oxygens (including phenoxy) is 1. The lowest BCUT2D eigenvalue weighted by molar-refractivity contribution is -0.152. The molecule has 0 aliphatic carbocycles. The van der Waals surface area contributed by atoms with Crippen LogP contribution in [0.25, 0.3) is 0 Å². The first kappa shape index (κ1) is 17.6. The average molecular weight is 282 g/mol. The number of carboxylic acids is 1. The third kappa shape index (κ3) is 5.37. The number of amides is 1. The van der Waals surface area contributed by atoms with Gasteiger partial charge in [-0.2, -0.15) is 0 Å². The zero-order chi connectivity index (χ0) is 15.3. The Morgan fingerprint density at radius 1 is 1.37 bits per heavy atom. The fraction of sp³-hybridized carbons (Fsp3) is 0.818. The van der Waals surface area contributed by atoms with Crippen LogP contribution in [0, 0.1) is 0 Å². The van der Waals surface area contributed by atoms with Gasteiger partial charge in [0.1, 0.15) is 5.60 Å². The summed E-state index contributed by atoms with van der Waals surface area (Å²) in [5.41, 5.74) is 1.60. The number of rotatable bonds is 6. The Kier molecular flexibility index (Phi) is 6.14. The minimum absolute atomic E-state index is 0.0342. The number of nitrogens with one attached hydrogen (secondary N) is 1. The molecule has 112 valence electrons. The third-order valence-electron chi connectivity index (χ3n) is 2.25. The van der Waals surface area contributed by atoms with E-state index >= 15 is 0 Å². The molecule has 0 fully saturated rings. The van der Waals surface area contributed by atoms with Crippen molar-refractivity contribution in [3.63, 3.8) is 0 Å². The Morgan fingerprint density at radius 3 is 2.21 bits per heavy atom. The molecular formula is C11H20F2N2O4. The summed E-state index contributed by atoms with van der Waals surface area (Å²) in [7, 11) is 0. The molecule has 8 heteroatoms. The predicted molar refractivity (Wildman–Crippen MR) is 64.0 cm³/mol. The Bertz CT molecular complexity index is 331. The van der Waals surface area contributed by atoms with Crippen LogP contribution in [0.3, 0.4) is 0 Å². The monoisotopic (exact) mass is 282 g/mol. The lowest BCUT2D eigenvalue weighted by atomic mass is 9.94. The van der Waals surface area contributed by atoms with Gasteiger partial charge in [-0.3, -0.25) is 0 Å². The summed E-state index contributed by atoms with van der Waals surface area (Å²) in [5, 5.41) is 10.7. The standard InChI is InChI=1S/C11H20F2N2O4/c1-10(2,3)19-9(18)15-11(7(12)13,8(16)17)5-4-6-14/h7H,4-6,14H2,1-3H3,(H,15,18)(H,16,17)/t11-/m1/s1. The number of carbonyl (C=O) groups is 2. The first-order chi connectivity index (χ1) is 8.55. The number of alkyl carbamates (subject to hydrolysis) is 1. The van der Waals surface area contributed by atoms with Crippen LogP contribution in [0.4, 0.5) is 13.6 Å². The summed E-state index contributed by atoms with van der Waals surface area (Å²) in [4.78, 5) is 22.6. The molecule has 0 radical (unpaired) electrons. The molecule has 0 aromatic carbocycles. The molecule has 1 amide bonds. The lowest BCUT2D eigenvalue weighted by Crippen LogP contribution is -2.60. The fourth-order valence-corrected chi connectivity index (χ4v) is 1.35. The highest BCUT2D eigenvalue weighted by molar-refractivity contribution is 5.85. The summed E-state index contributed by atoms with van der Waals surface area (Å²) in [6.07, 6.45) is -4.92. The van der Waals surface area contributed by atoms with Crippen molar-refractivity contribution in [1.29, 1.82) is 0 Å². The summed E-state index contributed by atoms with van der Waals surface area (Å²) < 4.78 is 30.9. The molecule has 4 N–H and O–H groups in total. The van der Waals surface area contributed by atoms with Crippen LogP contribution < -0.4 is 11.1 Å². The minimum atomic E-state index is -3.27. The second-order valence-electron chi connectivity index (χ2n) is 5.10. The van der Waals surface area contributed by atoms with E-state index in [9.17, 15) is 18.4 Å². The third-order valence-corrected chi connectivity index (χ3v) is 2.25. The topological polar surface area (TPSA) is 102 Å². The van der Waals surface area contributed by atoms with Crippen molar-refractivity contribution < 1.29 is 28.2 Å². The van der Waals surface area contributed by atoms with Gasteiger partial charge in [0.15, 0.2) is 0 Å². The van der Waals surface area contributed by atoms with Crippen LogP contribution in [0.2, 0.25) is 0 Å². The maximum Gasteiger partial charge on any atom is 0.408 e. The van der Waals surface area contributed by atoms with E-state index in [1.54, 1.807) is 5.32 Å². The Labute approximate surface area is 110 Å². The van der Waals surface area contributed by atoms with Gasteiger partial charge in [-0.25, -0.2) is 18.4 Å². The molecule has 0 saturated carbocycles. The lowest BCUT2D eigenvalue weighted by Gasteiger charge is -2.30. The number of hydrogen-bond donors (Lipinski definition) is 3. The molecule has 0 saturated heterocycles. The van der Waals surface area contributed by atoms with E-state index in [2.05, 4.69) is 0 Å². The van der Waals surface area contributed by atoms with Crippen LogP contribution in [0.1, 0.15) is 33.6 Å². The van der Waals surface area contributed by atoms with Crippen LogP contribution in [-0.2, 0) is 9.53 Å². The molecule has 0 unspecified atom stereocenters. The van der Waals surface area contributed by atoms with Gasteiger partial charge in [0.2, 0.25) is 5.54 Å². The summed E-state index contributed by atoms with van der Waals surface area (Å²) in [6.45, 7) is 4.66. The molecule has 0 aromatic rings. The molecule has 0 aliphatic heterocycles. The number of nitrogens with two attached hydrogens (primary N) is 1. The second-order valence-corrected chi connectivity index (χ2v) is 5.10. The van der Waals surface area contributed by atoms with E-state index in [1.165, 1.54) is 20.8 Å². The van der Waals surface area contributed by atoms with Gasteiger partial charge >= 0.3 is 12.1 Å². The molecule has 0 bridgehead atoms. The fourth-order valence-electron chi connectivity index (χ4n) is 1.35. The van der Waals surface area contributed by atoms with E-state index in [0.29, 0.717) is 0 Å². The van der Waals surface area contributed by atoms with E-state index in [1.807, 2.05) is 0 Å². The summed E-state index contributed by atoms with van der Waals surface area (Å²) >= 11 is 0. The van der Waals surface area contributed by atoms with Crippen LogP contribution in [-0.4, -0.2) is 41.3 Å². The summed E-state index contributed by atoms with van der Waals surface area (Å²) in [6, 6.07) is 0. The van der Waals surface area contributed by atoms with Gasteiger partial charge in [0, 0.05) is 0 Å². The quantitative estimate of drug-likeness (QED) is 0.682. The number of carboxylic acid groups (broad SMARTS) is 1. The van der Waals surface area contributed by atoms with Crippen molar-refractivity contribution in [2.45, 2.75) is 51.2 Å². The Morgan fingerprint density at radius 2 is 1.89 bits per heavy atom. The number of halogens is 2. The van der Waals surface area contributed by atoms with Crippen molar-refractivity contribution in [3.8, 4) is 0 Å². The molecule has 0 rings (SSSR count). The van der Waals surface area contributed by atoms with Gasteiger partial charge in [-0.05, 0) is 40.2 Å². The first-order valence-corrected chi connectivity index (χ1v) is 5.78. The highest BCUT2D eigenvalue weighted by Crippen LogP contribution is 2.23. The van der Waals surface area contributed by atoms with Crippen LogP contribution in [0.15, 0.2) is 0 Å². The smallest absolute Gasteiger partial charge is 0.408 e. The second kappa shape index (κ2) is 6.65. The molecular weight excluding hydrogens is 262 g/mol. The number of aliphatic carboxylic acids is 1. The number of carbonyl (C=O) groups excluding carboxylic acids is 1. The van der Waals surface area contributed by atoms with Crippen LogP contribution >= 0.6 is 0 Å². The SMILES string of the molecule is CC(C)(C)OC(=O)N[C@@](CCCN)(C(=O)O)C(F)F. The molecule has 6 nitrogen and oxygen atoms in total. The highest BCUT2D eigenvalue weighted by atomic mass is 19.3. The maximum absolute atomic E-state index is 13.0. The largest absolute Gasteiger partial charge is 0.479 e. The first-order valence-electron chi connectivity index (χ1n) is 5.78. The Hall–Kier alpha value is -1.44. The maximum atomic E-state index is 13.0. The molecule has 0 spiro atoms. The summed E-state index contributed by atoms with van der Waals surface area (Å²) in [5.74, 6) is -1.82. The van der Waals surface area contributed by atoms with Gasteiger partial charge in [-0.15, -0.1) is 0 Å². The van der Waals surface area contributed by atoms with Gasteiger partial charge in [0.05, 0.1) is 0 Å². The molecule has 1 atom stereocenters. The highest BCUT2D eigenvalue weighted by Gasteiger charge is 2.49. The van der Waals surface area contributed by atoms with Gasteiger partial charge in [-0.1, -0.05) is 0 Å². The number of hydrogen-bond acceptors (Lipinski definition) is 4. The average Bonchev–Trinajstić information content (AvgIpc) is 2.20. The van der Waals surface area contributed by atoms with Crippen molar-refractivity contribution in [2.75, 3.05) is 6.54 Å². The van der Waals surface area contributed by atoms with E-state index in [0.717, 1.165) is 0 Å². The molecule has 0 aromatic heterocycles. The van der Waals surface area contributed by atoms with Gasteiger partial charge in [0.25, 0.3) is 6.43 Å². The zero-order valence-corrected chi connectivity index (χ0v) is 11.2. The van der Waals surface area contributed by atoms with Crippen molar-refractivity contribution >= 4 is 12.1 Å². The van der Waals surface area contributed by atoms with Crippen molar-refractivity contribution in [2.24, 2.45) is 5.73 Å². The zero-order valence-electron chi connectivity index (χ0n) is 11.2. The van der Waals surface area contributed by atoms with E-state index in [4.69, 9.17) is 15.6 Å². The van der Waals surface area contributed by atoms with E-state index in [-0.39, 0.29) is 13.0 Å². The van der Waals surface area contributed by atoms with Gasteiger partial charge < -0.3 is 20.9 Å². The molecule has 0 aliphatic rings. The normalized spacial score (nSPS) is 14.9. The van der Waals surface area contributed by atoms with E-state index < -0.39 is 36.0 Å².